The van der Waals surface area contributed by atoms with Gasteiger partial charge in [-0.05, 0) is 23.9 Å². The summed E-state index contributed by atoms with van der Waals surface area (Å²) in [4.78, 5) is 1.23. The minimum absolute atomic E-state index is 0.202. The molecule has 4 heteroatoms. The van der Waals surface area contributed by atoms with E-state index >= 15 is 0 Å². The van der Waals surface area contributed by atoms with Gasteiger partial charge in [-0.15, -0.1) is 11.3 Å². The van der Waals surface area contributed by atoms with Crippen molar-refractivity contribution in [2.75, 3.05) is 0 Å². The summed E-state index contributed by atoms with van der Waals surface area (Å²) >= 11 is 1.68. The maximum absolute atomic E-state index is 13.6. The average Bonchev–Trinajstić information content (AvgIpc) is 2.93. The van der Waals surface area contributed by atoms with Crippen molar-refractivity contribution in [3.05, 3.63) is 57.8 Å². The van der Waals surface area contributed by atoms with Crippen molar-refractivity contribution >= 4 is 11.3 Å². The second-order valence-electron chi connectivity index (χ2n) is 4.45. The van der Waals surface area contributed by atoms with Crippen LogP contribution in [-0.4, -0.2) is 0 Å². The van der Waals surface area contributed by atoms with Gasteiger partial charge in [0.05, 0.1) is 0 Å². The molecule has 0 aliphatic carbocycles. The highest BCUT2D eigenvalue weighted by Crippen LogP contribution is 2.24. The van der Waals surface area contributed by atoms with Gasteiger partial charge in [-0.3, -0.25) is 0 Å². The Hall–Kier alpha value is -1.26. The molecule has 1 N–H and O–H groups in total. The fraction of sp³-hybridized carbons (Fsp3) is 0.333. The zero-order valence-corrected chi connectivity index (χ0v) is 11.6. The maximum Gasteiger partial charge on any atom is 0.163 e. The second kappa shape index (κ2) is 6.78. The van der Waals surface area contributed by atoms with Crippen molar-refractivity contribution in [2.45, 2.75) is 32.4 Å². The number of nitrogens with one attached hydrogen (secondary N) is 1. The molecule has 0 bridgehead atoms. The second-order valence-corrected chi connectivity index (χ2v) is 5.43. The molecule has 0 fully saturated rings. The van der Waals surface area contributed by atoms with Gasteiger partial charge in [0.2, 0.25) is 0 Å². The standard InChI is InChI=1S/C15H17F2NS/c1-2-5-13(14-8-4-9-19-14)18-10-11-6-3-7-12(16)15(11)17/h3-4,6-9,13,18H,2,5,10H2,1H3. The number of thiophene rings is 1. The quantitative estimate of drug-likeness (QED) is 0.812. The van der Waals surface area contributed by atoms with Crippen molar-refractivity contribution in [2.24, 2.45) is 0 Å². The zero-order chi connectivity index (χ0) is 13.7. The topological polar surface area (TPSA) is 12.0 Å². The van der Waals surface area contributed by atoms with Gasteiger partial charge in [0.1, 0.15) is 0 Å². The summed E-state index contributed by atoms with van der Waals surface area (Å²) in [6.07, 6.45) is 2.03. The van der Waals surface area contributed by atoms with Crippen LogP contribution in [0.1, 0.15) is 36.2 Å². The third kappa shape index (κ3) is 3.61. The van der Waals surface area contributed by atoms with Crippen LogP contribution in [-0.2, 0) is 6.54 Å². The Balaban J connectivity index is 2.05. The molecule has 1 nitrogen and oxygen atoms in total. The number of rotatable bonds is 6. The lowest BCUT2D eigenvalue weighted by molar-refractivity contribution is 0.467. The van der Waals surface area contributed by atoms with Gasteiger partial charge in [-0.2, -0.15) is 0 Å². The van der Waals surface area contributed by atoms with Gasteiger partial charge < -0.3 is 5.32 Å². The Kier molecular flexibility index (Phi) is 5.05. The van der Waals surface area contributed by atoms with E-state index in [1.54, 1.807) is 17.4 Å². The molecule has 102 valence electrons. The Morgan fingerprint density at radius 3 is 2.74 bits per heavy atom. The van der Waals surface area contributed by atoms with Gasteiger partial charge in [0.25, 0.3) is 0 Å². The molecular formula is C15H17F2NS. The summed E-state index contributed by atoms with van der Waals surface area (Å²) in [6, 6.07) is 8.57. The van der Waals surface area contributed by atoms with Crippen LogP contribution in [0.5, 0.6) is 0 Å². The Morgan fingerprint density at radius 2 is 2.05 bits per heavy atom. The number of benzene rings is 1. The molecule has 0 saturated carbocycles. The normalized spacial score (nSPS) is 12.6. The van der Waals surface area contributed by atoms with E-state index in [4.69, 9.17) is 0 Å². The van der Waals surface area contributed by atoms with Crippen molar-refractivity contribution in [1.29, 1.82) is 0 Å². The lowest BCUT2D eigenvalue weighted by Gasteiger charge is -2.17. The molecule has 0 aliphatic heterocycles. The van der Waals surface area contributed by atoms with Crippen LogP contribution < -0.4 is 5.32 Å². The van der Waals surface area contributed by atoms with Crippen molar-refractivity contribution in [3.63, 3.8) is 0 Å². The molecule has 0 amide bonds. The Bertz CT molecular complexity index is 511. The van der Waals surface area contributed by atoms with E-state index in [1.165, 1.54) is 10.9 Å². The van der Waals surface area contributed by atoms with E-state index in [0.29, 0.717) is 12.1 Å². The molecule has 1 unspecified atom stereocenters. The number of hydrogen-bond donors (Lipinski definition) is 1. The van der Waals surface area contributed by atoms with Gasteiger partial charge >= 0.3 is 0 Å². The first-order valence-electron chi connectivity index (χ1n) is 6.42. The summed E-state index contributed by atoms with van der Waals surface area (Å²) in [7, 11) is 0. The third-order valence-corrected chi connectivity index (χ3v) is 4.02. The number of hydrogen-bond acceptors (Lipinski definition) is 2. The first-order valence-corrected chi connectivity index (χ1v) is 7.30. The van der Waals surface area contributed by atoms with Crippen LogP contribution in [0.15, 0.2) is 35.7 Å². The molecule has 0 spiro atoms. The van der Waals surface area contributed by atoms with Gasteiger partial charge in [0, 0.05) is 23.0 Å². The average molecular weight is 281 g/mol. The fourth-order valence-electron chi connectivity index (χ4n) is 2.04. The summed E-state index contributed by atoms with van der Waals surface area (Å²) in [6.45, 7) is 2.46. The van der Waals surface area contributed by atoms with Crippen LogP contribution in [0.2, 0.25) is 0 Å². The Morgan fingerprint density at radius 1 is 1.21 bits per heavy atom. The summed E-state index contributed by atoms with van der Waals surface area (Å²) in [5, 5.41) is 5.34. The van der Waals surface area contributed by atoms with Crippen molar-refractivity contribution in [3.8, 4) is 0 Å². The van der Waals surface area contributed by atoms with Crippen molar-refractivity contribution in [1.82, 2.24) is 5.32 Å². The van der Waals surface area contributed by atoms with E-state index in [9.17, 15) is 8.78 Å². The molecule has 2 aromatic rings. The van der Waals surface area contributed by atoms with E-state index in [0.717, 1.165) is 18.9 Å². The highest BCUT2D eigenvalue weighted by Gasteiger charge is 2.13. The molecule has 1 aromatic heterocycles. The van der Waals surface area contributed by atoms with E-state index in [-0.39, 0.29) is 6.04 Å². The molecule has 2 rings (SSSR count). The molecule has 0 saturated heterocycles. The molecule has 19 heavy (non-hydrogen) atoms. The van der Waals surface area contributed by atoms with Crippen LogP contribution in [0, 0.1) is 11.6 Å². The minimum atomic E-state index is -0.789. The summed E-state index contributed by atoms with van der Waals surface area (Å²) in [5.41, 5.74) is 0.373. The molecular weight excluding hydrogens is 264 g/mol. The predicted molar refractivity (Wildman–Crippen MR) is 75.2 cm³/mol. The fourth-order valence-corrected chi connectivity index (χ4v) is 2.88. The Labute approximate surface area is 116 Å². The summed E-state index contributed by atoms with van der Waals surface area (Å²) < 4.78 is 26.7. The largest absolute Gasteiger partial charge is 0.305 e. The van der Waals surface area contributed by atoms with Crippen LogP contribution in [0.25, 0.3) is 0 Å². The smallest absolute Gasteiger partial charge is 0.163 e. The molecule has 1 aromatic carbocycles. The first kappa shape index (κ1) is 14.2. The molecule has 1 heterocycles. The minimum Gasteiger partial charge on any atom is -0.305 e. The molecule has 0 radical (unpaired) electrons. The van der Waals surface area contributed by atoms with Gasteiger partial charge in [0.15, 0.2) is 11.6 Å². The van der Waals surface area contributed by atoms with E-state index in [2.05, 4.69) is 18.3 Å². The van der Waals surface area contributed by atoms with Gasteiger partial charge in [-0.1, -0.05) is 31.5 Å². The SMILES string of the molecule is CCCC(NCc1cccc(F)c1F)c1cccs1. The molecule has 0 aliphatic rings. The van der Waals surface area contributed by atoms with Crippen LogP contribution >= 0.6 is 11.3 Å². The van der Waals surface area contributed by atoms with Gasteiger partial charge in [-0.25, -0.2) is 8.78 Å². The monoisotopic (exact) mass is 281 g/mol. The van der Waals surface area contributed by atoms with Crippen molar-refractivity contribution < 1.29 is 8.78 Å². The van der Waals surface area contributed by atoms with Crippen LogP contribution in [0.4, 0.5) is 8.78 Å². The third-order valence-electron chi connectivity index (χ3n) is 3.03. The number of halogens is 2. The first-order chi connectivity index (χ1) is 9.22. The summed E-state index contributed by atoms with van der Waals surface area (Å²) in [5.74, 6) is -1.54. The highest BCUT2D eigenvalue weighted by molar-refractivity contribution is 7.10. The predicted octanol–water partition coefficient (Wildman–Crippen LogP) is 4.66. The zero-order valence-electron chi connectivity index (χ0n) is 10.8. The molecule has 1 atom stereocenters. The lowest BCUT2D eigenvalue weighted by atomic mass is 10.1. The lowest BCUT2D eigenvalue weighted by Crippen LogP contribution is -2.20. The highest BCUT2D eigenvalue weighted by atomic mass is 32.1. The maximum atomic E-state index is 13.6. The van der Waals surface area contributed by atoms with E-state index < -0.39 is 11.6 Å². The van der Waals surface area contributed by atoms with Crippen LogP contribution in [0.3, 0.4) is 0 Å². The van der Waals surface area contributed by atoms with E-state index in [1.807, 2.05) is 11.4 Å².